The molecule has 1 N–H and O–H groups in total. The molecule has 1 aliphatic heterocycles. The van der Waals surface area contributed by atoms with E-state index in [1.165, 1.54) is 0 Å². The van der Waals surface area contributed by atoms with Crippen LogP contribution >= 0.6 is 0 Å². The van der Waals surface area contributed by atoms with E-state index in [2.05, 4.69) is 36.4 Å². The van der Waals surface area contributed by atoms with Crippen molar-refractivity contribution in [3.8, 4) is 0 Å². The molecule has 0 aromatic heterocycles. The molecule has 5 nitrogen and oxygen atoms in total. The maximum absolute atomic E-state index is 11.1. The zero-order valence-corrected chi connectivity index (χ0v) is 23.9. The summed E-state index contributed by atoms with van der Waals surface area (Å²) < 4.78 is 25.9. The van der Waals surface area contributed by atoms with Crippen LogP contribution in [-0.2, 0) is 37.8 Å². The van der Waals surface area contributed by atoms with E-state index in [1.807, 2.05) is 115 Å². The highest BCUT2D eigenvalue weighted by molar-refractivity contribution is 5.47. The Labute approximate surface area is 253 Å². The molecule has 1 fully saturated rings. The summed E-state index contributed by atoms with van der Waals surface area (Å²) in [5.41, 5.74) is 4.08. The van der Waals surface area contributed by atoms with Crippen molar-refractivity contribution in [3.63, 3.8) is 0 Å². The minimum Gasteiger partial charge on any atom is -0.368 e. The Morgan fingerprint density at radius 3 is 1.30 bits per heavy atom. The molecule has 0 amide bonds. The number of aliphatic hydroxyl groups excluding tert-OH is 1. The summed E-state index contributed by atoms with van der Waals surface area (Å²) >= 11 is 0. The van der Waals surface area contributed by atoms with Crippen LogP contribution < -0.4 is 0 Å². The third-order valence-electron chi connectivity index (χ3n) is 7.86. The predicted octanol–water partition coefficient (Wildman–Crippen LogP) is 6.88. The molecule has 0 aliphatic carbocycles. The Balaban J connectivity index is 1.32. The van der Waals surface area contributed by atoms with Crippen LogP contribution in [0.2, 0.25) is 0 Å². The van der Waals surface area contributed by atoms with E-state index in [0.717, 1.165) is 27.8 Å². The zero-order chi connectivity index (χ0) is 29.3. The van der Waals surface area contributed by atoms with Crippen molar-refractivity contribution in [3.05, 3.63) is 179 Å². The summed E-state index contributed by atoms with van der Waals surface area (Å²) in [6.45, 7) is 0.831. The Morgan fingerprint density at radius 1 is 0.512 bits per heavy atom. The van der Waals surface area contributed by atoms with Crippen LogP contribution in [0.4, 0.5) is 0 Å². The molecule has 5 heteroatoms. The third-order valence-corrected chi connectivity index (χ3v) is 7.86. The van der Waals surface area contributed by atoms with Crippen LogP contribution in [0.5, 0.6) is 0 Å². The van der Waals surface area contributed by atoms with Gasteiger partial charge in [-0.05, 0) is 27.8 Å². The SMILES string of the molecule is O[C@@H]1O[C@H](COC(c2ccccc2)(c2ccccc2)c2ccccc2)[C@@H](OCc2ccccc2)[C@H]1OCc1ccccc1. The van der Waals surface area contributed by atoms with E-state index >= 15 is 0 Å². The first-order valence-corrected chi connectivity index (χ1v) is 14.7. The summed E-state index contributed by atoms with van der Waals surface area (Å²) in [6, 6.07) is 50.5. The second kappa shape index (κ2) is 13.9. The highest BCUT2D eigenvalue weighted by Gasteiger charge is 2.48. The first-order chi connectivity index (χ1) is 21.2. The fourth-order valence-electron chi connectivity index (χ4n) is 5.73. The zero-order valence-electron chi connectivity index (χ0n) is 23.9. The van der Waals surface area contributed by atoms with E-state index in [9.17, 15) is 5.11 Å². The average Bonchev–Trinajstić information content (AvgIpc) is 3.39. The van der Waals surface area contributed by atoms with E-state index < -0.39 is 30.2 Å². The van der Waals surface area contributed by atoms with Gasteiger partial charge in [-0.1, -0.05) is 152 Å². The quantitative estimate of drug-likeness (QED) is 0.165. The Kier molecular flexibility index (Phi) is 9.38. The van der Waals surface area contributed by atoms with Gasteiger partial charge in [0.15, 0.2) is 6.29 Å². The molecular formula is C38H36O5. The van der Waals surface area contributed by atoms with Gasteiger partial charge in [-0.15, -0.1) is 0 Å². The fourth-order valence-corrected chi connectivity index (χ4v) is 5.73. The van der Waals surface area contributed by atoms with Gasteiger partial charge in [-0.2, -0.15) is 0 Å². The fraction of sp³-hybridized carbons (Fsp3) is 0.211. The lowest BCUT2D eigenvalue weighted by molar-refractivity contribution is -0.157. The molecule has 0 saturated carbocycles. The molecule has 5 aromatic rings. The molecule has 4 atom stereocenters. The standard InChI is InChI=1S/C38H36O5/c39-37-36(41-27-30-18-8-2-9-19-30)35(40-26-29-16-6-1-7-17-29)34(43-37)28-42-38(31-20-10-3-11-21-31,32-22-12-4-13-23-32)33-24-14-5-15-25-33/h1-25,34-37,39H,26-28H2/t34-,35-,36-,37-/m1/s1. The lowest BCUT2D eigenvalue weighted by atomic mass is 9.80. The normalized spacial score (nSPS) is 20.2. The molecule has 6 rings (SSSR count). The van der Waals surface area contributed by atoms with Crippen LogP contribution in [0, 0.1) is 0 Å². The highest BCUT2D eigenvalue weighted by atomic mass is 16.7. The van der Waals surface area contributed by atoms with Gasteiger partial charge in [-0.3, -0.25) is 0 Å². The highest BCUT2D eigenvalue weighted by Crippen LogP contribution is 2.41. The number of hydrogen-bond donors (Lipinski definition) is 1. The summed E-state index contributed by atoms with van der Waals surface area (Å²) in [6.07, 6.45) is -3.02. The number of aliphatic hydroxyl groups is 1. The number of ether oxygens (including phenoxy) is 4. The van der Waals surface area contributed by atoms with Crippen molar-refractivity contribution in [2.75, 3.05) is 6.61 Å². The van der Waals surface area contributed by atoms with Crippen molar-refractivity contribution in [1.82, 2.24) is 0 Å². The molecule has 0 radical (unpaired) electrons. The topological polar surface area (TPSA) is 57.2 Å². The van der Waals surface area contributed by atoms with Gasteiger partial charge < -0.3 is 24.1 Å². The largest absolute Gasteiger partial charge is 0.368 e. The summed E-state index contributed by atoms with van der Waals surface area (Å²) in [5.74, 6) is 0. The minimum atomic E-state index is -1.17. The van der Waals surface area contributed by atoms with Crippen molar-refractivity contribution < 1.29 is 24.1 Å². The van der Waals surface area contributed by atoms with Gasteiger partial charge in [0, 0.05) is 0 Å². The maximum Gasteiger partial charge on any atom is 0.184 e. The first-order valence-electron chi connectivity index (χ1n) is 14.7. The van der Waals surface area contributed by atoms with Gasteiger partial charge in [-0.25, -0.2) is 0 Å². The third kappa shape index (κ3) is 6.62. The van der Waals surface area contributed by atoms with Crippen LogP contribution in [0.25, 0.3) is 0 Å². The van der Waals surface area contributed by atoms with Crippen molar-refractivity contribution >= 4 is 0 Å². The predicted molar refractivity (Wildman–Crippen MR) is 166 cm³/mol. The number of hydrogen-bond acceptors (Lipinski definition) is 5. The van der Waals surface area contributed by atoms with Crippen LogP contribution in [-0.4, -0.2) is 36.3 Å². The van der Waals surface area contributed by atoms with Crippen LogP contribution in [0.3, 0.4) is 0 Å². The Morgan fingerprint density at radius 2 is 0.884 bits per heavy atom. The van der Waals surface area contributed by atoms with E-state index in [4.69, 9.17) is 18.9 Å². The lowest BCUT2D eigenvalue weighted by Crippen LogP contribution is -2.41. The van der Waals surface area contributed by atoms with Crippen LogP contribution in [0.1, 0.15) is 27.8 Å². The minimum absolute atomic E-state index is 0.153. The van der Waals surface area contributed by atoms with Crippen molar-refractivity contribution in [1.29, 1.82) is 0 Å². The molecule has 1 heterocycles. The second-order valence-electron chi connectivity index (χ2n) is 10.7. The number of benzene rings is 5. The molecule has 1 aliphatic rings. The van der Waals surface area contributed by atoms with E-state index in [0.29, 0.717) is 13.2 Å². The smallest absolute Gasteiger partial charge is 0.184 e. The number of rotatable bonds is 12. The molecule has 5 aromatic carbocycles. The van der Waals surface area contributed by atoms with Crippen LogP contribution in [0.15, 0.2) is 152 Å². The first kappa shape index (κ1) is 29.0. The molecule has 0 spiro atoms. The average molecular weight is 573 g/mol. The van der Waals surface area contributed by atoms with Gasteiger partial charge in [0.2, 0.25) is 0 Å². The maximum atomic E-state index is 11.1. The molecule has 0 bridgehead atoms. The second-order valence-corrected chi connectivity index (χ2v) is 10.7. The van der Waals surface area contributed by atoms with Gasteiger partial charge in [0.25, 0.3) is 0 Å². The van der Waals surface area contributed by atoms with Gasteiger partial charge >= 0.3 is 0 Å². The molecular weight excluding hydrogens is 536 g/mol. The van der Waals surface area contributed by atoms with Gasteiger partial charge in [0.1, 0.15) is 23.9 Å². The summed E-state index contributed by atoms with van der Waals surface area (Å²) in [5, 5.41) is 11.1. The van der Waals surface area contributed by atoms with Gasteiger partial charge in [0.05, 0.1) is 19.8 Å². The molecule has 43 heavy (non-hydrogen) atoms. The lowest BCUT2D eigenvalue weighted by Gasteiger charge is -2.37. The monoisotopic (exact) mass is 572 g/mol. The molecule has 1 saturated heterocycles. The molecule has 218 valence electrons. The van der Waals surface area contributed by atoms with Crippen molar-refractivity contribution in [2.45, 2.75) is 43.4 Å². The Hall–Kier alpha value is -4.10. The van der Waals surface area contributed by atoms with E-state index in [1.54, 1.807) is 0 Å². The van der Waals surface area contributed by atoms with Crippen molar-refractivity contribution in [2.24, 2.45) is 0 Å². The summed E-state index contributed by atoms with van der Waals surface area (Å²) in [7, 11) is 0. The Bertz CT molecular complexity index is 1420. The van der Waals surface area contributed by atoms with E-state index in [-0.39, 0.29) is 6.61 Å². The summed E-state index contributed by atoms with van der Waals surface area (Å²) in [4.78, 5) is 0. The molecule has 0 unspecified atom stereocenters.